The fraction of sp³-hybridized carbons (Fsp3) is 0.667. The molecule has 0 aliphatic heterocycles. The highest BCUT2D eigenvalue weighted by Gasteiger charge is 2.04. The molecule has 0 amide bonds. The van der Waals surface area contributed by atoms with Gasteiger partial charge in [0.15, 0.2) is 0 Å². The predicted molar refractivity (Wildman–Crippen MR) is 55.1 cm³/mol. The lowest BCUT2D eigenvalue weighted by Crippen LogP contribution is -1.98. The Kier molecular flexibility index (Phi) is 4.13. The lowest BCUT2D eigenvalue weighted by Gasteiger charge is -2.13. The monoisotopic (exact) mass is 164 g/mol. The number of allylic oxidation sites excluding steroid dienone is 4. The van der Waals surface area contributed by atoms with Crippen LogP contribution >= 0.6 is 0 Å². The van der Waals surface area contributed by atoms with Crippen LogP contribution in [0.15, 0.2) is 24.3 Å². The molecule has 0 saturated heterocycles. The summed E-state index contributed by atoms with van der Waals surface area (Å²) in [6, 6.07) is 0. The summed E-state index contributed by atoms with van der Waals surface area (Å²) in [5.41, 5.74) is 0. The lowest BCUT2D eigenvalue weighted by atomic mass is 9.93. The molecule has 0 aromatic heterocycles. The Hall–Kier alpha value is -0.520. The highest BCUT2D eigenvalue weighted by atomic mass is 14.1. The summed E-state index contributed by atoms with van der Waals surface area (Å²) in [6.07, 6.45) is 14.6. The van der Waals surface area contributed by atoms with E-state index in [2.05, 4.69) is 38.2 Å². The second-order valence-electron chi connectivity index (χ2n) is 3.66. The topological polar surface area (TPSA) is 0 Å². The Labute approximate surface area is 76.4 Å². The summed E-state index contributed by atoms with van der Waals surface area (Å²) in [5.74, 6) is 1.58. The molecule has 2 unspecified atom stereocenters. The minimum absolute atomic E-state index is 0.791. The summed E-state index contributed by atoms with van der Waals surface area (Å²) in [6.45, 7) is 4.53. The molecule has 0 radical (unpaired) electrons. The third-order valence-corrected chi connectivity index (χ3v) is 2.74. The molecule has 68 valence electrons. The fourth-order valence-corrected chi connectivity index (χ4v) is 1.65. The van der Waals surface area contributed by atoms with E-state index in [-0.39, 0.29) is 0 Å². The zero-order valence-electron chi connectivity index (χ0n) is 8.29. The maximum atomic E-state index is 2.40. The van der Waals surface area contributed by atoms with Crippen LogP contribution in [0.25, 0.3) is 0 Å². The SMILES string of the molecule is CCC1C=CCC(CC)C=CC1. The Bertz CT molecular complexity index is 145. The van der Waals surface area contributed by atoms with Gasteiger partial charge < -0.3 is 0 Å². The summed E-state index contributed by atoms with van der Waals surface area (Å²) >= 11 is 0. The van der Waals surface area contributed by atoms with Crippen LogP contribution in [0, 0.1) is 11.8 Å². The number of hydrogen-bond donors (Lipinski definition) is 0. The van der Waals surface area contributed by atoms with E-state index in [0.29, 0.717) is 0 Å². The molecule has 12 heavy (non-hydrogen) atoms. The first-order valence-corrected chi connectivity index (χ1v) is 5.20. The van der Waals surface area contributed by atoms with Crippen LogP contribution in [0.2, 0.25) is 0 Å². The van der Waals surface area contributed by atoms with E-state index in [1.54, 1.807) is 0 Å². The van der Waals surface area contributed by atoms with Crippen molar-refractivity contribution in [2.24, 2.45) is 11.8 Å². The van der Waals surface area contributed by atoms with Crippen LogP contribution in [0.1, 0.15) is 39.5 Å². The van der Waals surface area contributed by atoms with E-state index in [1.807, 2.05) is 0 Å². The summed E-state index contributed by atoms with van der Waals surface area (Å²) in [4.78, 5) is 0. The van der Waals surface area contributed by atoms with Gasteiger partial charge in [0, 0.05) is 0 Å². The van der Waals surface area contributed by atoms with E-state index in [0.717, 1.165) is 11.8 Å². The van der Waals surface area contributed by atoms with E-state index in [1.165, 1.54) is 25.7 Å². The van der Waals surface area contributed by atoms with Crippen LogP contribution in [-0.2, 0) is 0 Å². The molecule has 0 heterocycles. The molecule has 0 fully saturated rings. The quantitative estimate of drug-likeness (QED) is 0.542. The first-order chi connectivity index (χ1) is 5.86. The number of rotatable bonds is 2. The maximum Gasteiger partial charge on any atom is -0.0202 e. The van der Waals surface area contributed by atoms with Gasteiger partial charge in [0.05, 0.1) is 0 Å². The van der Waals surface area contributed by atoms with Crippen LogP contribution < -0.4 is 0 Å². The van der Waals surface area contributed by atoms with Crippen molar-refractivity contribution in [1.29, 1.82) is 0 Å². The second-order valence-corrected chi connectivity index (χ2v) is 3.66. The standard InChI is InChI=1S/C12H20/c1-3-11-7-5-9-12(4-2)10-6-8-11/h5-7,10-12H,3-4,8-9H2,1-2H3. The van der Waals surface area contributed by atoms with Crippen molar-refractivity contribution in [2.75, 3.05) is 0 Å². The Balaban J connectivity index is 2.47. The van der Waals surface area contributed by atoms with Gasteiger partial charge >= 0.3 is 0 Å². The average Bonchev–Trinajstić information content (AvgIpc) is 2.05. The van der Waals surface area contributed by atoms with Gasteiger partial charge in [0.1, 0.15) is 0 Å². The molecule has 0 nitrogen and oxygen atoms in total. The van der Waals surface area contributed by atoms with Crippen molar-refractivity contribution in [2.45, 2.75) is 39.5 Å². The van der Waals surface area contributed by atoms with E-state index in [4.69, 9.17) is 0 Å². The summed E-state index contributed by atoms with van der Waals surface area (Å²) < 4.78 is 0. The molecule has 1 aliphatic rings. The van der Waals surface area contributed by atoms with E-state index < -0.39 is 0 Å². The van der Waals surface area contributed by atoms with Crippen molar-refractivity contribution in [1.82, 2.24) is 0 Å². The molecule has 0 saturated carbocycles. The first-order valence-electron chi connectivity index (χ1n) is 5.20. The molecule has 1 rings (SSSR count). The Morgan fingerprint density at radius 2 is 1.33 bits per heavy atom. The maximum absolute atomic E-state index is 2.40. The fourth-order valence-electron chi connectivity index (χ4n) is 1.65. The van der Waals surface area contributed by atoms with Gasteiger partial charge in [-0.05, 0) is 37.5 Å². The van der Waals surface area contributed by atoms with E-state index in [9.17, 15) is 0 Å². The first kappa shape index (κ1) is 9.57. The Morgan fingerprint density at radius 1 is 0.917 bits per heavy atom. The largest absolute Gasteiger partial charge is 0.0877 e. The van der Waals surface area contributed by atoms with Crippen molar-refractivity contribution >= 4 is 0 Å². The molecule has 0 aromatic carbocycles. The minimum atomic E-state index is 0.791. The van der Waals surface area contributed by atoms with Gasteiger partial charge in [-0.25, -0.2) is 0 Å². The summed E-state index contributed by atoms with van der Waals surface area (Å²) in [5, 5.41) is 0. The molecule has 0 N–H and O–H groups in total. The zero-order valence-corrected chi connectivity index (χ0v) is 8.29. The van der Waals surface area contributed by atoms with Crippen molar-refractivity contribution in [3.8, 4) is 0 Å². The predicted octanol–water partition coefficient (Wildman–Crippen LogP) is 3.95. The van der Waals surface area contributed by atoms with Crippen LogP contribution in [-0.4, -0.2) is 0 Å². The lowest BCUT2D eigenvalue weighted by molar-refractivity contribution is 0.590. The average molecular weight is 164 g/mol. The van der Waals surface area contributed by atoms with Gasteiger partial charge in [0.2, 0.25) is 0 Å². The van der Waals surface area contributed by atoms with Crippen molar-refractivity contribution in [3.63, 3.8) is 0 Å². The smallest absolute Gasteiger partial charge is 0.0202 e. The third-order valence-electron chi connectivity index (χ3n) is 2.74. The third kappa shape index (κ3) is 2.84. The van der Waals surface area contributed by atoms with E-state index >= 15 is 0 Å². The Morgan fingerprint density at radius 3 is 1.67 bits per heavy atom. The van der Waals surface area contributed by atoms with Crippen LogP contribution in [0.3, 0.4) is 0 Å². The minimum Gasteiger partial charge on any atom is -0.0877 e. The van der Waals surface area contributed by atoms with Gasteiger partial charge in [-0.1, -0.05) is 38.2 Å². The number of hydrogen-bond acceptors (Lipinski definition) is 0. The van der Waals surface area contributed by atoms with Crippen LogP contribution in [0.5, 0.6) is 0 Å². The molecular formula is C12H20. The van der Waals surface area contributed by atoms with Crippen molar-refractivity contribution in [3.05, 3.63) is 24.3 Å². The molecule has 0 bridgehead atoms. The van der Waals surface area contributed by atoms with Gasteiger partial charge in [-0.3, -0.25) is 0 Å². The van der Waals surface area contributed by atoms with Crippen LogP contribution in [0.4, 0.5) is 0 Å². The van der Waals surface area contributed by atoms with Gasteiger partial charge in [-0.15, -0.1) is 0 Å². The van der Waals surface area contributed by atoms with Gasteiger partial charge in [-0.2, -0.15) is 0 Å². The molecule has 1 aliphatic carbocycles. The molecule has 0 spiro atoms. The highest BCUT2D eigenvalue weighted by molar-refractivity contribution is 5.01. The normalized spacial score (nSPS) is 29.8. The van der Waals surface area contributed by atoms with Crippen molar-refractivity contribution < 1.29 is 0 Å². The molecule has 2 atom stereocenters. The summed E-state index contributed by atoms with van der Waals surface area (Å²) in [7, 11) is 0. The highest BCUT2D eigenvalue weighted by Crippen LogP contribution is 2.19. The van der Waals surface area contributed by atoms with Gasteiger partial charge in [0.25, 0.3) is 0 Å². The molecule has 0 heteroatoms. The molecule has 0 aromatic rings. The zero-order chi connectivity index (χ0) is 8.81. The second kappa shape index (κ2) is 5.18. The molecular weight excluding hydrogens is 144 g/mol.